The first-order chi connectivity index (χ1) is 18.9. The molecule has 0 aliphatic rings. The van der Waals surface area contributed by atoms with Gasteiger partial charge in [-0.3, -0.25) is 4.68 Å². The van der Waals surface area contributed by atoms with E-state index in [9.17, 15) is 26.0 Å². The van der Waals surface area contributed by atoms with Gasteiger partial charge in [0.2, 0.25) is 5.88 Å². The number of fused-ring (bicyclic) bond motifs is 2. The topological polar surface area (TPSA) is 92.5 Å². The highest BCUT2D eigenvalue weighted by Crippen LogP contribution is 2.48. The maximum absolute atomic E-state index is 15.4. The van der Waals surface area contributed by atoms with Crippen molar-refractivity contribution in [3.63, 3.8) is 0 Å². The van der Waals surface area contributed by atoms with E-state index >= 15 is 4.39 Å². The Morgan fingerprint density at radius 2 is 1.82 bits per heavy atom. The predicted molar refractivity (Wildman–Crippen MR) is 138 cm³/mol. The Kier molecular flexibility index (Phi) is 7.14. The van der Waals surface area contributed by atoms with Crippen LogP contribution in [0.15, 0.2) is 48.0 Å². The molecule has 40 heavy (non-hydrogen) atoms. The average molecular weight is 600 g/mol. The Labute approximate surface area is 227 Å². The Morgan fingerprint density at radius 3 is 2.55 bits per heavy atom. The molecule has 3 heterocycles. The number of rotatable bonds is 8. The van der Waals surface area contributed by atoms with Gasteiger partial charge in [0.15, 0.2) is 0 Å². The largest absolute Gasteiger partial charge is 0.534 e. The molecular weight excluding hydrogens is 581 g/mol. The van der Waals surface area contributed by atoms with Gasteiger partial charge < -0.3 is 13.7 Å². The Bertz CT molecular complexity index is 1850. The Hall–Kier alpha value is -3.82. The summed E-state index contributed by atoms with van der Waals surface area (Å²) in [5.74, 6) is -3.74. The number of pyridine rings is 1. The molecule has 0 atom stereocenters. The number of alkyl halides is 3. The monoisotopic (exact) mass is 599 g/mol. The molecule has 0 bridgehead atoms. The van der Waals surface area contributed by atoms with Crippen molar-refractivity contribution in [3.05, 3.63) is 59.6 Å². The Balaban J connectivity index is 1.82. The number of aromatic nitrogens is 3. The van der Waals surface area contributed by atoms with Crippen molar-refractivity contribution in [3.8, 4) is 34.0 Å². The van der Waals surface area contributed by atoms with Gasteiger partial charge in [-0.15, -0.1) is 11.3 Å². The van der Waals surface area contributed by atoms with Crippen molar-refractivity contribution in [2.45, 2.75) is 5.51 Å². The summed E-state index contributed by atoms with van der Waals surface area (Å²) in [7, 11) is -3.15. The van der Waals surface area contributed by atoms with Crippen molar-refractivity contribution < 1.29 is 44.0 Å². The highest BCUT2D eigenvalue weighted by molar-refractivity contribution is 7.88. The van der Waals surface area contributed by atoms with Crippen molar-refractivity contribution in [2.75, 3.05) is 20.3 Å². The first-order valence-corrected chi connectivity index (χ1v) is 13.7. The van der Waals surface area contributed by atoms with Crippen molar-refractivity contribution in [2.24, 2.45) is 7.05 Å². The lowest BCUT2D eigenvalue weighted by molar-refractivity contribution is -0.0501. The van der Waals surface area contributed by atoms with Gasteiger partial charge in [-0.1, -0.05) is 6.07 Å². The molecule has 0 amide bonds. The van der Waals surface area contributed by atoms with Crippen molar-refractivity contribution in [1.82, 2.24) is 14.8 Å². The van der Waals surface area contributed by atoms with E-state index in [0.29, 0.717) is 22.4 Å². The number of methoxy groups -OCH3 is 1. The maximum atomic E-state index is 15.4. The van der Waals surface area contributed by atoms with Crippen molar-refractivity contribution >= 4 is 42.4 Å². The number of benzene rings is 2. The molecule has 5 aromatic rings. The second-order valence-corrected chi connectivity index (χ2v) is 10.9. The molecule has 0 radical (unpaired) electrons. The quantitative estimate of drug-likeness (QED) is 0.0928. The number of hydrogen-bond acceptors (Lipinski definition) is 8. The van der Waals surface area contributed by atoms with Crippen molar-refractivity contribution in [1.29, 1.82) is 0 Å². The van der Waals surface area contributed by atoms with Crippen LogP contribution >= 0.6 is 11.3 Å². The molecule has 15 heteroatoms. The molecule has 8 nitrogen and oxygen atoms in total. The first kappa shape index (κ1) is 27.7. The molecule has 0 spiro atoms. The van der Waals surface area contributed by atoms with Gasteiger partial charge in [0, 0.05) is 47.3 Å². The lowest BCUT2D eigenvalue weighted by Crippen LogP contribution is -2.28. The van der Waals surface area contributed by atoms with Crippen LogP contribution < -0.4 is 8.92 Å². The zero-order valence-electron chi connectivity index (χ0n) is 20.6. The predicted octanol–water partition coefficient (Wildman–Crippen LogP) is 6.05. The summed E-state index contributed by atoms with van der Waals surface area (Å²) in [6.45, 7) is -0.153. The number of thiophene rings is 1. The van der Waals surface area contributed by atoms with E-state index in [-0.39, 0.29) is 23.6 Å². The van der Waals surface area contributed by atoms with E-state index in [0.717, 1.165) is 22.9 Å². The van der Waals surface area contributed by atoms with Gasteiger partial charge >= 0.3 is 15.6 Å². The number of nitrogens with zero attached hydrogens (tertiary/aromatic N) is 3. The van der Waals surface area contributed by atoms with E-state index in [1.54, 1.807) is 47.6 Å². The standard InChI is InChI=1S/C25H18F5N3O5S2/c1-33-18-4-3-13(9-14(18)12-31-33)22-16-5-8-39-23(16)21(24(32-22)38-40(34,35)25(28,29)30)20-17(27)10-15(26)11-19(20)37-7-6-36-2/h3-5,8-12H,6-7H2,1-2H3. The molecule has 2 aromatic carbocycles. The van der Waals surface area contributed by atoms with Crippen LogP contribution in [0.1, 0.15) is 0 Å². The minimum atomic E-state index is -6.25. The van der Waals surface area contributed by atoms with Gasteiger partial charge in [0.25, 0.3) is 0 Å². The molecule has 210 valence electrons. The number of ether oxygens (including phenoxy) is 2. The summed E-state index contributed by atoms with van der Waals surface area (Å²) < 4.78 is 111. The van der Waals surface area contributed by atoms with Gasteiger partial charge in [-0.05, 0) is 23.6 Å². The van der Waals surface area contributed by atoms with Gasteiger partial charge in [-0.25, -0.2) is 13.8 Å². The fourth-order valence-corrected chi connectivity index (χ4v) is 5.47. The minimum absolute atomic E-state index is 0.0196. The normalized spacial score (nSPS) is 12.4. The molecular formula is C25H18F5N3O5S2. The minimum Gasteiger partial charge on any atom is -0.490 e. The van der Waals surface area contributed by atoms with Crippen LogP contribution in [0.4, 0.5) is 22.0 Å². The lowest BCUT2D eigenvalue weighted by Gasteiger charge is -2.18. The second kappa shape index (κ2) is 10.3. The smallest absolute Gasteiger partial charge is 0.490 e. The molecule has 0 unspecified atom stereocenters. The van der Waals surface area contributed by atoms with Crippen LogP contribution in [-0.4, -0.2) is 49.0 Å². The molecule has 0 saturated carbocycles. The number of aryl methyl sites for hydroxylation is 1. The van der Waals surface area contributed by atoms with E-state index in [4.69, 9.17) is 9.47 Å². The number of hydrogen-bond donors (Lipinski definition) is 0. The van der Waals surface area contributed by atoms with Crippen LogP contribution in [0, 0.1) is 11.6 Å². The molecule has 0 aliphatic heterocycles. The SMILES string of the molecule is COCCOc1cc(F)cc(F)c1-c1c(OS(=O)(=O)C(F)(F)F)nc(-c2ccc3c(cnn3C)c2)c2ccsc12. The summed E-state index contributed by atoms with van der Waals surface area (Å²) in [6, 6.07) is 7.91. The molecule has 5 rings (SSSR count). The van der Waals surface area contributed by atoms with Gasteiger partial charge in [0.05, 0.1) is 35.1 Å². The van der Waals surface area contributed by atoms with Crippen LogP contribution in [0.3, 0.4) is 0 Å². The first-order valence-electron chi connectivity index (χ1n) is 11.4. The molecule has 0 saturated heterocycles. The fourth-order valence-electron chi connectivity index (χ4n) is 4.11. The van der Waals surface area contributed by atoms with Crippen LogP contribution in [-0.2, 0) is 21.9 Å². The van der Waals surface area contributed by atoms with Crippen LogP contribution in [0.2, 0.25) is 0 Å². The molecule has 0 N–H and O–H groups in total. The van der Waals surface area contributed by atoms with Gasteiger partial charge in [-0.2, -0.15) is 26.7 Å². The highest BCUT2D eigenvalue weighted by Gasteiger charge is 2.49. The number of halogens is 5. The average Bonchev–Trinajstić information content (AvgIpc) is 3.50. The fraction of sp³-hybridized carbons (Fsp3) is 0.200. The third kappa shape index (κ3) is 4.95. The Morgan fingerprint density at radius 1 is 1.05 bits per heavy atom. The summed E-state index contributed by atoms with van der Waals surface area (Å²) in [5.41, 5.74) is -5.56. The zero-order chi connectivity index (χ0) is 28.8. The molecule has 3 aromatic heterocycles. The lowest BCUT2D eigenvalue weighted by atomic mass is 10.00. The van der Waals surface area contributed by atoms with Gasteiger partial charge in [0.1, 0.15) is 24.0 Å². The summed E-state index contributed by atoms with van der Waals surface area (Å²) in [6.07, 6.45) is 1.57. The summed E-state index contributed by atoms with van der Waals surface area (Å²) >= 11 is 0.970. The molecule has 0 aliphatic carbocycles. The van der Waals surface area contributed by atoms with Crippen LogP contribution in [0.25, 0.3) is 43.4 Å². The van der Waals surface area contributed by atoms with E-state index < -0.39 is 50.0 Å². The summed E-state index contributed by atoms with van der Waals surface area (Å²) in [5, 5.41) is 6.76. The zero-order valence-corrected chi connectivity index (χ0v) is 22.3. The molecule has 0 fully saturated rings. The third-order valence-electron chi connectivity index (χ3n) is 5.88. The second-order valence-electron chi connectivity index (χ2n) is 8.43. The summed E-state index contributed by atoms with van der Waals surface area (Å²) in [4.78, 5) is 4.17. The van der Waals surface area contributed by atoms with Crippen LogP contribution in [0.5, 0.6) is 11.6 Å². The van der Waals surface area contributed by atoms with E-state index in [1.807, 2.05) is 0 Å². The van der Waals surface area contributed by atoms with E-state index in [1.165, 1.54) is 7.11 Å². The maximum Gasteiger partial charge on any atom is 0.534 e. The van der Waals surface area contributed by atoms with E-state index in [2.05, 4.69) is 14.3 Å². The highest BCUT2D eigenvalue weighted by atomic mass is 32.2. The third-order valence-corrected chi connectivity index (χ3v) is 7.76.